The number of thioether (sulfide) groups is 1. The number of nitrogens with one attached hydrogen (secondary N) is 1. The fourth-order valence-electron chi connectivity index (χ4n) is 6.81. The molecule has 2 heterocycles. The summed E-state index contributed by atoms with van der Waals surface area (Å²) in [5.74, 6) is 1.50. The van der Waals surface area contributed by atoms with Gasteiger partial charge >= 0.3 is 0 Å². The van der Waals surface area contributed by atoms with Crippen molar-refractivity contribution in [1.29, 1.82) is 0 Å². The van der Waals surface area contributed by atoms with Crippen LogP contribution in [0.5, 0.6) is 0 Å². The molecular formula is C36H31NS2. The Labute approximate surface area is 239 Å². The lowest BCUT2D eigenvalue weighted by molar-refractivity contribution is 0.654. The summed E-state index contributed by atoms with van der Waals surface area (Å²) in [6.45, 7) is 0. The lowest BCUT2D eigenvalue weighted by Crippen LogP contribution is -2.28. The Morgan fingerprint density at radius 3 is 2.51 bits per heavy atom. The summed E-state index contributed by atoms with van der Waals surface area (Å²) in [4.78, 5) is 4.55. The Bertz CT molecular complexity index is 1690. The van der Waals surface area contributed by atoms with Crippen LogP contribution in [0.3, 0.4) is 0 Å². The largest absolute Gasteiger partial charge is 0.379 e. The van der Waals surface area contributed by atoms with E-state index in [1.54, 1.807) is 4.91 Å². The van der Waals surface area contributed by atoms with Crippen LogP contribution < -0.4 is 5.32 Å². The number of benzene rings is 2. The van der Waals surface area contributed by atoms with E-state index in [0.29, 0.717) is 23.8 Å². The Morgan fingerprint density at radius 2 is 1.62 bits per heavy atom. The van der Waals surface area contributed by atoms with Crippen molar-refractivity contribution < 1.29 is 0 Å². The summed E-state index contributed by atoms with van der Waals surface area (Å²) in [6, 6.07) is 18.2. The summed E-state index contributed by atoms with van der Waals surface area (Å²) >= 11 is 3.97. The monoisotopic (exact) mass is 541 g/mol. The molecule has 0 bridgehead atoms. The van der Waals surface area contributed by atoms with Gasteiger partial charge in [-0.15, -0.1) is 11.3 Å². The zero-order chi connectivity index (χ0) is 25.8. The molecule has 1 N–H and O–H groups in total. The summed E-state index contributed by atoms with van der Waals surface area (Å²) in [7, 11) is 0. The van der Waals surface area contributed by atoms with Gasteiger partial charge in [-0.05, 0) is 71.6 Å². The van der Waals surface area contributed by atoms with E-state index < -0.39 is 0 Å². The first-order valence-corrected chi connectivity index (χ1v) is 15.8. The Kier molecular flexibility index (Phi) is 5.89. The average Bonchev–Trinajstić information content (AvgIpc) is 3.57. The zero-order valence-corrected chi connectivity index (χ0v) is 23.5. The van der Waals surface area contributed by atoms with Crippen molar-refractivity contribution in [3.8, 4) is 0 Å². The molecule has 0 fully saturated rings. The molecule has 0 amide bonds. The van der Waals surface area contributed by atoms with Gasteiger partial charge in [-0.3, -0.25) is 0 Å². The molecule has 3 aromatic rings. The van der Waals surface area contributed by atoms with Crippen molar-refractivity contribution in [2.24, 2.45) is 5.92 Å². The predicted octanol–water partition coefficient (Wildman–Crippen LogP) is 9.81. The molecule has 2 aromatic carbocycles. The van der Waals surface area contributed by atoms with Crippen LogP contribution in [0.25, 0.3) is 16.2 Å². The smallest absolute Gasteiger partial charge is 0.0482 e. The molecule has 5 aliphatic rings. The summed E-state index contributed by atoms with van der Waals surface area (Å²) < 4.78 is 1.40. The third-order valence-corrected chi connectivity index (χ3v) is 11.4. The SMILES string of the molecule is C1=CC(C2C=CC(NC3C=CC(C4CC=Cc5c4sc4ccccc54)=CC3)=CC2)=C2Sc3ccccc3C2C1. The molecule has 1 nitrogen and oxygen atoms in total. The first kappa shape index (κ1) is 23.6. The number of rotatable bonds is 4. The van der Waals surface area contributed by atoms with E-state index in [4.69, 9.17) is 0 Å². The van der Waals surface area contributed by atoms with Crippen LogP contribution >= 0.6 is 23.1 Å². The van der Waals surface area contributed by atoms with Crippen molar-refractivity contribution in [2.75, 3.05) is 0 Å². The van der Waals surface area contributed by atoms with E-state index in [9.17, 15) is 0 Å². The number of allylic oxidation sites excluding steroid dienone is 10. The number of fused-ring (bicyclic) bond motifs is 6. The molecule has 4 atom stereocenters. The van der Waals surface area contributed by atoms with Gasteiger partial charge < -0.3 is 5.32 Å². The summed E-state index contributed by atoms with van der Waals surface area (Å²) in [6.07, 6.45) is 28.2. The molecule has 4 unspecified atom stereocenters. The number of hydrogen-bond acceptors (Lipinski definition) is 3. The highest BCUT2D eigenvalue weighted by molar-refractivity contribution is 8.03. The van der Waals surface area contributed by atoms with Crippen molar-refractivity contribution in [1.82, 2.24) is 5.32 Å². The Morgan fingerprint density at radius 1 is 0.744 bits per heavy atom. The summed E-state index contributed by atoms with van der Waals surface area (Å²) in [5, 5.41) is 5.20. The lowest BCUT2D eigenvalue weighted by atomic mass is 9.82. The van der Waals surface area contributed by atoms with E-state index in [-0.39, 0.29) is 0 Å². The van der Waals surface area contributed by atoms with Crippen LogP contribution in [0.15, 0.2) is 130 Å². The van der Waals surface area contributed by atoms with Crippen LogP contribution in [-0.2, 0) is 0 Å². The first-order chi connectivity index (χ1) is 19.3. The standard InChI is InChI=1S/C36H31NS2/c1-3-13-33-29(7-1)31-11-5-9-27(35(31)38-33)23-15-19-25(20-16-23)37-26-21-17-24(18-22-26)28-10-6-12-32-30-8-2-4-14-34(30)39-36(28)32/h1-9,12-15,17-21,23,26,28,31,37H,10-11,16,22H2. The predicted molar refractivity (Wildman–Crippen MR) is 168 cm³/mol. The molecule has 0 saturated carbocycles. The van der Waals surface area contributed by atoms with Gasteiger partial charge in [-0.25, -0.2) is 0 Å². The fourth-order valence-corrected chi connectivity index (χ4v) is 9.56. The van der Waals surface area contributed by atoms with Crippen molar-refractivity contribution in [3.05, 3.63) is 141 Å². The van der Waals surface area contributed by atoms with Crippen LogP contribution in [0.4, 0.5) is 0 Å². The molecule has 1 aliphatic heterocycles. The number of thiophene rings is 1. The molecule has 0 spiro atoms. The van der Waals surface area contributed by atoms with Crippen LogP contribution in [0.2, 0.25) is 0 Å². The third-order valence-electron chi connectivity index (χ3n) is 8.80. The molecule has 3 heteroatoms. The molecule has 1 aromatic heterocycles. The molecule has 0 radical (unpaired) electrons. The van der Waals surface area contributed by atoms with Crippen molar-refractivity contribution in [2.45, 2.75) is 48.5 Å². The second kappa shape index (κ2) is 9.73. The highest BCUT2D eigenvalue weighted by Gasteiger charge is 2.33. The molecule has 8 rings (SSSR count). The van der Waals surface area contributed by atoms with Gasteiger partial charge in [-0.1, -0.05) is 103 Å². The third kappa shape index (κ3) is 4.15. The van der Waals surface area contributed by atoms with Gasteiger partial charge in [0.2, 0.25) is 0 Å². The van der Waals surface area contributed by atoms with Gasteiger partial charge in [0.15, 0.2) is 0 Å². The van der Waals surface area contributed by atoms with E-state index in [1.165, 1.54) is 47.8 Å². The molecule has 192 valence electrons. The van der Waals surface area contributed by atoms with E-state index in [0.717, 1.165) is 25.7 Å². The van der Waals surface area contributed by atoms with Crippen molar-refractivity contribution in [3.63, 3.8) is 0 Å². The van der Waals surface area contributed by atoms with E-state index in [2.05, 4.69) is 115 Å². The first-order valence-electron chi connectivity index (χ1n) is 14.2. The van der Waals surface area contributed by atoms with Crippen LogP contribution in [0, 0.1) is 5.92 Å². The Hall–Kier alpha value is -3.27. The van der Waals surface area contributed by atoms with E-state index >= 15 is 0 Å². The molecule has 4 aliphatic carbocycles. The summed E-state index contributed by atoms with van der Waals surface area (Å²) in [5.41, 5.74) is 7.20. The van der Waals surface area contributed by atoms with Gasteiger partial charge in [0.05, 0.1) is 0 Å². The number of hydrogen-bond donors (Lipinski definition) is 1. The molecular weight excluding hydrogens is 511 g/mol. The minimum Gasteiger partial charge on any atom is -0.379 e. The average molecular weight is 542 g/mol. The maximum Gasteiger partial charge on any atom is 0.0482 e. The maximum absolute atomic E-state index is 3.80. The van der Waals surface area contributed by atoms with Crippen LogP contribution in [0.1, 0.15) is 53.5 Å². The second-order valence-electron chi connectivity index (χ2n) is 11.1. The van der Waals surface area contributed by atoms with E-state index in [1.807, 2.05) is 23.1 Å². The maximum atomic E-state index is 3.80. The van der Waals surface area contributed by atoms with Gasteiger partial charge in [0, 0.05) is 48.9 Å². The minimum atomic E-state index is 0.350. The normalized spacial score (nSPS) is 26.8. The molecule has 0 saturated heterocycles. The lowest BCUT2D eigenvalue weighted by Gasteiger charge is -2.27. The van der Waals surface area contributed by atoms with Crippen LogP contribution in [-0.4, -0.2) is 6.04 Å². The van der Waals surface area contributed by atoms with Crippen molar-refractivity contribution >= 4 is 39.3 Å². The topological polar surface area (TPSA) is 12.0 Å². The minimum absolute atomic E-state index is 0.350. The molecule has 39 heavy (non-hydrogen) atoms. The second-order valence-corrected chi connectivity index (χ2v) is 13.3. The van der Waals surface area contributed by atoms with Gasteiger partial charge in [0.25, 0.3) is 0 Å². The zero-order valence-electron chi connectivity index (χ0n) is 21.8. The highest BCUT2D eigenvalue weighted by atomic mass is 32.2. The quantitative estimate of drug-likeness (QED) is 0.353. The van der Waals surface area contributed by atoms with Gasteiger partial charge in [0.1, 0.15) is 0 Å². The fraction of sp³-hybridized carbons (Fsp3) is 0.222. The van der Waals surface area contributed by atoms with Gasteiger partial charge in [-0.2, -0.15) is 0 Å². The Balaban J connectivity index is 0.938. The highest BCUT2D eigenvalue weighted by Crippen LogP contribution is 2.54.